The highest BCUT2D eigenvalue weighted by Gasteiger charge is 2.10. The smallest absolute Gasteiger partial charge is 0.0595 e. The lowest BCUT2D eigenvalue weighted by atomic mass is 9.99. The normalized spacial score (nSPS) is 12.4. The van der Waals surface area contributed by atoms with E-state index in [1.807, 2.05) is 30.3 Å². The summed E-state index contributed by atoms with van der Waals surface area (Å²) in [5, 5.41) is 1.04. The molecule has 0 aromatic heterocycles. The minimum atomic E-state index is -0.231. The Labute approximate surface area is 110 Å². The van der Waals surface area contributed by atoms with Crippen molar-refractivity contribution in [1.29, 1.82) is 0 Å². The predicted octanol–water partition coefficient (Wildman–Crippen LogP) is 3.62. The van der Waals surface area contributed by atoms with Gasteiger partial charge in [0.15, 0.2) is 0 Å². The van der Waals surface area contributed by atoms with Crippen molar-refractivity contribution in [2.75, 3.05) is 5.73 Å². The van der Waals surface area contributed by atoms with Gasteiger partial charge in [-0.2, -0.15) is 0 Å². The topological polar surface area (TPSA) is 52.0 Å². The van der Waals surface area contributed by atoms with Crippen molar-refractivity contribution in [1.82, 2.24) is 0 Å². The van der Waals surface area contributed by atoms with Gasteiger partial charge in [-0.1, -0.05) is 41.4 Å². The Bertz CT molecular complexity index is 523. The third-order valence-electron chi connectivity index (χ3n) is 2.60. The molecule has 1 unspecified atom stereocenters. The predicted molar refractivity (Wildman–Crippen MR) is 73.3 cm³/mol. The average molecular weight is 267 g/mol. The zero-order valence-electron chi connectivity index (χ0n) is 9.03. The van der Waals surface area contributed by atoms with E-state index in [1.54, 1.807) is 12.1 Å². The van der Waals surface area contributed by atoms with Crippen molar-refractivity contribution in [3.63, 3.8) is 0 Å². The fourth-order valence-corrected chi connectivity index (χ4v) is 1.91. The SMILES string of the molecule is Nc1ccc(C(N)c2ccc(Cl)c(Cl)c2)cc1. The van der Waals surface area contributed by atoms with Crippen molar-refractivity contribution in [2.45, 2.75) is 6.04 Å². The molecule has 0 saturated heterocycles. The van der Waals surface area contributed by atoms with Crippen LogP contribution in [0.2, 0.25) is 10.0 Å². The molecule has 0 amide bonds. The Balaban J connectivity index is 2.33. The maximum atomic E-state index is 6.14. The van der Waals surface area contributed by atoms with Crippen LogP contribution in [-0.4, -0.2) is 0 Å². The van der Waals surface area contributed by atoms with E-state index in [9.17, 15) is 0 Å². The summed E-state index contributed by atoms with van der Waals surface area (Å²) in [6, 6.07) is 12.6. The first-order valence-corrected chi connectivity index (χ1v) is 5.89. The van der Waals surface area contributed by atoms with E-state index in [1.165, 1.54) is 0 Å². The van der Waals surface area contributed by atoms with Crippen LogP contribution in [0.4, 0.5) is 5.69 Å². The number of benzene rings is 2. The number of hydrogen-bond donors (Lipinski definition) is 2. The van der Waals surface area contributed by atoms with E-state index in [4.69, 9.17) is 34.7 Å². The summed E-state index contributed by atoms with van der Waals surface area (Å²) in [4.78, 5) is 0. The van der Waals surface area contributed by atoms with Gasteiger partial charge in [0.1, 0.15) is 0 Å². The Kier molecular flexibility index (Phi) is 3.57. The van der Waals surface area contributed by atoms with Gasteiger partial charge >= 0.3 is 0 Å². The van der Waals surface area contributed by atoms with Crippen LogP contribution in [-0.2, 0) is 0 Å². The number of hydrogen-bond acceptors (Lipinski definition) is 2. The summed E-state index contributed by atoms with van der Waals surface area (Å²) < 4.78 is 0. The van der Waals surface area contributed by atoms with Crippen LogP contribution < -0.4 is 11.5 Å². The van der Waals surface area contributed by atoms with Gasteiger partial charge in [-0.3, -0.25) is 0 Å². The largest absolute Gasteiger partial charge is 0.399 e. The average Bonchev–Trinajstić information content (AvgIpc) is 2.33. The molecule has 0 spiro atoms. The lowest BCUT2D eigenvalue weighted by molar-refractivity contribution is 0.872. The highest BCUT2D eigenvalue weighted by molar-refractivity contribution is 6.42. The Morgan fingerprint density at radius 3 is 2.00 bits per heavy atom. The first-order chi connectivity index (χ1) is 8.08. The molecular weight excluding hydrogens is 255 g/mol. The number of nitrogens with two attached hydrogens (primary N) is 2. The van der Waals surface area contributed by atoms with Gasteiger partial charge in [-0.05, 0) is 35.4 Å². The van der Waals surface area contributed by atoms with E-state index >= 15 is 0 Å². The molecule has 0 bridgehead atoms. The third kappa shape index (κ3) is 2.72. The molecule has 4 N–H and O–H groups in total. The Morgan fingerprint density at radius 1 is 0.824 bits per heavy atom. The molecule has 88 valence electrons. The minimum absolute atomic E-state index is 0.231. The van der Waals surface area contributed by atoms with Gasteiger partial charge in [0, 0.05) is 5.69 Å². The number of anilines is 1. The van der Waals surface area contributed by atoms with Gasteiger partial charge in [-0.25, -0.2) is 0 Å². The zero-order valence-corrected chi connectivity index (χ0v) is 10.5. The maximum absolute atomic E-state index is 6.14. The summed E-state index contributed by atoms with van der Waals surface area (Å²) in [6.07, 6.45) is 0. The standard InChI is InChI=1S/C13H12Cl2N2/c14-11-6-3-9(7-12(11)15)13(17)8-1-4-10(16)5-2-8/h1-7,13H,16-17H2. The molecule has 0 aliphatic heterocycles. The number of halogens is 2. The quantitative estimate of drug-likeness (QED) is 0.816. The molecule has 0 radical (unpaired) electrons. The molecule has 0 aliphatic rings. The highest BCUT2D eigenvalue weighted by atomic mass is 35.5. The second kappa shape index (κ2) is 4.96. The van der Waals surface area contributed by atoms with Crippen LogP contribution >= 0.6 is 23.2 Å². The lowest BCUT2D eigenvalue weighted by Gasteiger charge is -2.13. The molecule has 1 atom stereocenters. The molecule has 2 aromatic rings. The molecule has 0 aliphatic carbocycles. The molecule has 17 heavy (non-hydrogen) atoms. The van der Waals surface area contributed by atoms with E-state index in [0.29, 0.717) is 10.0 Å². The monoisotopic (exact) mass is 266 g/mol. The van der Waals surface area contributed by atoms with Crippen LogP contribution in [0, 0.1) is 0 Å². The van der Waals surface area contributed by atoms with Crippen LogP contribution in [0.1, 0.15) is 17.2 Å². The summed E-state index contributed by atoms with van der Waals surface area (Å²) in [7, 11) is 0. The fraction of sp³-hybridized carbons (Fsp3) is 0.0769. The summed E-state index contributed by atoms with van der Waals surface area (Å²) >= 11 is 11.8. The van der Waals surface area contributed by atoms with E-state index < -0.39 is 0 Å². The van der Waals surface area contributed by atoms with Gasteiger partial charge in [0.2, 0.25) is 0 Å². The van der Waals surface area contributed by atoms with E-state index in [-0.39, 0.29) is 6.04 Å². The molecule has 4 heteroatoms. The summed E-state index contributed by atoms with van der Waals surface area (Å²) in [6.45, 7) is 0. The van der Waals surface area contributed by atoms with Gasteiger partial charge in [0.05, 0.1) is 16.1 Å². The molecule has 2 nitrogen and oxygen atoms in total. The van der Waals surface area contributed by atoms with Crippen LogP contribution in [0.25, 0.3) is 0 Å². The summed E-state index contributed by atoms with van der Waals surface area (Å²) in [5.74, 6) is 0. The van der Waals surface area contributed by atoms with Crippen molar-refractivity contribution in [2.24, 2.45) is 5.73 Å². The first-order valence-electron chi connectivity index (χ1n) is 5.14. The second-order valence-electron chi connectivity index (χ2n) is 3.82. The van der Waals surface area contributed by atoms with Crippen LogP contribution in [0.5, 0.6) is 0 Å². The number of nitrogen functional groups attached to an aromatic ring is 1. The van der Waals surface area contributed by atoms with Crippen molar-refractivity contribution >= 4 is 28.9 Å². The Hall–Kier alpha value is -1.22. The Morgan fingerprint density at radius 2 is 1.41 bits per heavy atom. The molecule has 0 fully saturated rings. The van der Waals surface area contributed by atoms with Gasteiger partial charge < -0.3 is 11.5 Å². The third-order valence-corrected chi connectivity index (χ3v) is 3.34. The molecule has 0 saturated carbocycles. The van der Waals surface area contributed by atoms with Gasteiger partial charge in [-0.15, -0.1) is 0 Å². The van der Waals surface area contributed by atoms with Crippen molar-refractivity contribution in [3.8, 4) is 0 Å². The lowest BCUT2D eigenvalue weighted by Crippen LogP contribution is -2.11. The first kappa shape index (κ1) is 12.2. The van der Waals surface area contributed by atoms with Crippen LogP contribution in [0.15, 0.2) is 42.5 Å². The van der Waals surface area contributed by atoms with Crippen LogP contribution in [0.3, 0.4) is 0 Å². The molecular formula is C13H12Cl2N2. The van der Waals surface area contributed by atoms with Crippen molar-refractivity contribution in [3.05, 3.63) is 63.6 Å². The summed E-state index contributed by atoms with van der Waals surface area (Å²) in [5.41, 5.74) is 14.4. The molecule has 0 heterocycles. The van der Waals surface area contributed by atoms with Gasteiger partial charge in [0.25, 0.3) is 0 Å². The highest BCUT2D eigenvalue weighted by Crippen LogP contribution is 2.27. The maximum Gasteiger partial charge on any atom is 0.0595 e. The zero-order chi connectivity index (χ0) is 12.4. The van der Waals surface area contributed by atoms with E-state index in [2.05, 4.69) is 0 Å². The number of rotatable bonds is 2. The van der Waals surface area contributed by atoms with E-state index in [0.717, 1.165) is 16.8 Å². The second-order valence-corrected chi connectivity index (χ2v) is 4.63. The minimum Gasteiger partial charge on any atom is -0.399 e. The fourth-order valence-electron chi connectivity index (χ4n) is 1.60. The van der Waals surface area contributed by atoms with Crippen molar-refractivity contribution < 1.29 is 0 Å². The molecule has 2 aromatic carbocycles. The molecule has 2 rings (SSSR count).